The Morgan fingerprint density at radius 2 is 2.25 bits per heavy atom. The maximum atomic E-state index is 12.8. The van der Waals surface area contributed by atoms with Crippen LogP contribution in [0.4, 0.5) is 8.78 Å². The monoisotopic (exact) mass is 313 g/mol. The maximum Gasteiger partial charge on any atom is 0.342 e. The molecule has 1 heterocycles. The number of ether oxygens (including phenoxy) is 1. The summed E-state index contributed by atoms with van der Waals surface area (Å²) < 4.78 is 55.4. The van der Waals surface area contributed by atoms with E-state index in [0.29, 0.717) is 0 Å². The van der Waals surface area contributed by atoms with Gasteiger partial charge in [-0.1, -0.05) is 0 Å². The first-order chi connectivity index (χ1) is 9.23. The summed E-state index contributed by atoms with van der Waals surface area (Å²) in [7, 11) is -4.41. The van der Waals surface area contributed by atoms with E-state index in [9.17, 15) is 22.0 Å². The lowest BCUT2D eigenvalue weighted by Crippen LogP contribution is -2.39. The molecule has 0 saturated carbocycles. The van der Waals surface area contributed by atoms with Gasteiger partial charge in [-0.2, -0.15) is 5.10 Å². The van der Waals surface area contributed by atoms with Crippen LogP contribution in [0.5, 0.6) is 0 Å². The summed E-state index contributed by atoms with van der Waals surface area (Å²) in [5, 5.41) is 13.1. The van der Waals surface area contributed by atoms with E-state index >= 15 is 0 Å². The van der Waals surface area contributed by atoms with Gasteiger partial charge in [0.2, 0.25) is 0 Å². The lowest BCUT2D eigenvalue weighted by molar-refractivity contribution is -0.0437. The third kappa shape index (κ3) is 3.95. The normalized spacial score (nSPS) is 12.4. The molecule has 0 radical (unpaired) electrons. The fraction of sp³-hybridized carbons (Fsp3) is 0.556. The minimum Gasteiger partial charge on any atom is -0.462 e. The second-order valence-corrected chi connectivity index (χ2v) is 5.38. The van der Waals surface area contributed by atoms with Crippen LogP contribution in [0.25, 0.3) is 0 Å². The van der Waals surface area contributed by atoms with E-state index in [4.69, 9.17) is 5.11 Å². The number of hydrogen-bond donors (Lipinski definition) is 3. The summed E-state index contributed by atoms with van der Waals surface area (Å²) in [6.07, 6.45) is 0.913. The molecule has 0 spiro atoms. The Morgan fingerprint density at radius 3 is 2.80 bits per heavy atom. The van der Waals surface area contributed by atoms with Gasteiger partial charge in [-0.15, -0.1) is 0 Å². The highest BCUT2D eigenvalue weighted by atomic mass is 32.2. The molecule has 0 aliphatic rings. The molecule has 8 nitrogen and oxygen atoms in total. The third-order valence-electron chi connectivity index (χ3n) is 2.12. The molecule has 0 bridgehead atoms. The molecule has 1 aromatic rings. The van der Waals surface area contributed by atoms with Gasteiger partial charge in [0, 0.05) is 0 Å². The molecule has 0 saturated heterocycles. The Balaban J connectivity index is 2.94. The molecule has 0 fully saturated rings. The lowest BCUT2D eigenvalue weighted by Gasteiger charge is -2.13. The first-order valence-electron chi connectivity index (χ1n) is 5.42. The molecule has 0 amide bonds. The van der Waals surface area contributed by atoms with Crippen LogP contribution in [0.3, 0.4) is 0 Å². The van der Waals surface area contributed by atoms with Gasteiger partial charge in [0.1, 0.15) is 12.2 Å². The van der Waals surface area contributed by atoms with Crippen molar-refractivity contribution in [3.63, 3.8) is 0 Å². The van der Waals surface area contributed by atoms with Crippen LogP contribution in [0, 0.1) is 0 Å². The van der Waals surface area contributed by atoms with Crippen molar-refractivity contribution in [3.8, 4) is 0 Å². The van der Waals surface area contributed by atoms with Gasteiger partial charge in [-0.25, -0.2) is 26.7 Å². The van der Waals surface area contributed by atoms with Gasteiger partial charge in [-0.05, 0) is 6.92 Å². The van der Waals surface area contributed by atoms with Crippen LogP contribution in [-0.4, -0.2) is 55.4 Å². The van der Waals surface area contributed by atoms with E-state index in [1.54, 1.807) is 4.72 Å². The van der Waals surface area contributed by atoms with Crippen molar-refractivity contribution in [2.24, 2.45) is 0 Å². The summed E-state index contributed by atoms with van der Waals surface area (Å²) in [5.74, 6) is -4.56. The number of nitrogens with zero attached hydrogens (tertiary/aromatic N) is 1. The molecule has 0 unspecified atom stereocenters. The van der Waals surface area contributed by atoms with Crippen LogP contribution < -0.4 is 4.72 Å². The number of sulfonamides is 1. The largest absolute Gasteiger partial charge is 0.462 e. The first-order valence-corrected chi connectivity index (χ1v) is 6.90. The van der Waals surface area contributed by atoms with Gasteiger partial charge in [0.05, 0.1) is 19.3 Å². The highest BCUT2D eigenvalue weighted by Gasteiger charge is 2.32. The van der Waals surface area contributed by atoms with E-state index in [1.165, 1.54) is 6.92 Å². The van der Waals surface area contributed by atoms with Crippen molar-refractivity contribution in [2.45, 2.75) is 17.9 Å². The summed E-state index contributed by atoms with van der Waals surface area (Å²) in [6.45, 7) is -1.29. The molecule has 1 rings (SSSR count). The van der Waals surface area contributed by atoms with Crippen molar-refractivity contribution >= 4 is 16.0 Å². The van der Waals surface area contributed by atoms with Gasteiger partial charge in [-0.3, -0.25) is 5.10 Å². The van der Waals surface area contributed by atoms with E-state index in [1.807, 2.05) is 5.10 Å². The predicted octanol–water partition coefficient (Wildman–Crippen LogP) is -0.508. The molecular formula is C9H13F2N3O5S. The number of hydrogen-bond acceptors (Lipinski definition) is 6. The summed E-state index contributed by atoms with van der Waals surface area (Å²) in [4.78, 5) is 11.5. The van der Waals surface area contributed by atoms with Crippen molar-refractivity contribution in [1.29, 1.82) is 0 Å². The van der Waals surface area contributed by atoms with Crippen molar-refractivity contribution in [2.75, 3.05) is 19.8 Å². The second kappa shape index (κ2) is 6.24. The highest BCUT2D eigenvalue weighted by molar-refractivity contribution is 7.89. The Hall–Kier alpha value is -1.59. The number of aliphatic hydroxyl groups excluding tert-OH is 1. The van der Waals surface area contributed by atoms with Gasteiger partial charge < -0.3 is 9.84 Å². The second-order valence-electron chi connectivity index (χ2n) is 3.67. The zero-order valence-electron chi connectivity index (χ0n) is 10.4. The van der Waals surface area contributed by atoms with E-state index in [0.717, 1.165) is 6.20 Å². The maximum absolute atomic E-state index is 12.8. The fourth-order valence-electron chi connectivity index (χ4n) is 1.16. The zero-order chi connectivity index (χ0) is 15.4. The number of alkyl halides is 2. The van der Waals surface area contributed by atoms with E-state index in [-0.39, 0.29) is 6.61 Å². The van der Waals surface area contributed by atoms with Crippen molar-refractivity contribution < 1.29 is 31.8 Å². The number of H-pyrrole nitrogens is 1. The van der Waals surface area contributed by atoms with Crippen molar-refractivity contribution in [1.82, 2.24) is 14.9 Å². The Kier molecular flexibility index (Phi) is 5.14. The molecular weight excluding hydrogens is 300 g/mol. The molecule has 0 aliphatic heterocycles. The Bertz CT molecular complexity index is 572. The predicted molar refractivity (Wildman–Crippen MR) is 61.8 cm³/mol. The topological polar surface area (TPSA) is 121 Å². The molecule has 1 aromatic heterocycles. The molecule has 0 aliphatic carbocycles. The van der Waals surface area contributed by atoms with Crippen LogP contribution in [0.15, 0.2) is 11.2 Å². The van der Waals surface area contributed by atoms with E-state index in [2.05, 4.69) is 9.84 Å². The van der Waals surface area contributed by atoms with Crippen LogP contribution in [0.1, 0.15) is 17.3 Å². The van der Waals surface area contributed by atoms with E-state index < -0.39 is 45.7 Å². The van der Waals surface area contributed by atoms with Crippen LogP contribution in [0.2, 0.25) is 0 Å². The number of carbonyl (C=O) groups excluding carboxylic acids is 1. The molecule has 3 N–H and O–H groups in total. The van der Waals surface area contributed by atoms with Gasteiger partial charge >= 0.3 is 5.97 Å². The fourth-order valence-corrected chi connectivity index (χ4v) is 2.31. The molecule has 0 aromatic carbocycles. The SMILES string of the molecule is CCOC(=O)c1cn[nH]c1S(=O)(=O)NCC(F)(F)CO. The average molecular weight is 313 g/mol. The number of aromatic amines is 1. The third-order valence-corrected chi connectivity index (χ3v) is 3.49. The van der Waals surface area contributed by atoms with Crippen molar-refractivity contribution in [3.05, 3.63) is 11.8 Å². The minimum atomic E-state index is -4.41. The highest BCUT2D eigenvalue weighted by Crippen LogP contribution is 2.15. The molecule has 0 atom stereocenters. The average Bonchev–Trinajstić information content (AvgIpc) is 2.87. The first kappa shape index (κ1) is 16.5. The number of aliphatic hydroxyl groups is 1. The minimum absolute atomic E-state index is 0.0134. The van der Waals surface area contributed by atoms with Crippen LogP contribution >= 0.6 is 0 Å². The van der Waals surface area contributed by atoms with Gasteiger partial charge in [0.25, 0.3) is 15.9 Å². The summed E-state index contributed by atoms with van der Waals surface area (Å²) >= 11 is 0. The number of rotatable bonds is 7. The Labute approximate surface area is 113 Å². The Morgan fingerprint density at radius 1 is 1.60 bits per heavy atom. The smallest absolute Gasteiger partial charge is 0.342 e. The zero-order valence-corrected chi connectivity index (χ0v) is 11.2. The lowest BCUT2D eigenvalue weighted by atomic mass is 10.4. The number of halogens is 2. The number of carbonyl (C=O) groups is 1. The number of esters is 1. The standard InChI is InChI=1S/C9H13F2N3O5S/c1-2-19-8(16)6-3-12-14-7(6)20(17,18)13-4-9(10,11)5-15/h3,13,15H,2,4-5H2,1H3,(H,12,14). The van der Waals surface area contributed by atoms with Gasteiger partial charge in [0.15, 0.2) is 5.03 Å². The quantitative estimate of drug-likeness (QED) is 0.583. The molecule has 11 heteroatoms. The van der Waals surface area contributed by atoms with Crippen LogP contribution in [-0.2, 0) is 14.8 Å². The molecule has 20 heavy (non-hydrogen) atoms. The molecule has 114 valence electrons. The number of nitrogens with one attached hydrogen (secondary N) is 2. The summed E-state index contributed by atoms with van der Waals surface area (Å²) in [5.41, 5.74) is -0.397. The number of aromatic nitrogens is 2. The summed E-state index contributed by atoms with van der Waals surface area (Å²) in [6, 6.07) is 0.